The van der Waals surface area contributed by atoms with E-state index in [1.54, 1.807) is 30.3 Å². The van der Waals surface area contributed by atoms with Crippen molar-refractivity contribution in [2.24, 2.45) is 0 Å². The summed E-state index contributed by atoms with van der Waals surface area (Å²) in [7, 11) is -4.31. The monoisotopic (exact) mass is 377 g/mol. The van der Waals surface area contributed by atoms with Crippen molar-refractivity contribution in [3.8, 4) is 0 Å². The number of sulfonamides is 1. The number of halogens is 2. The molecule has 0 unspecified atom stereocenters. The van der Waals surface area contributed by atoms with E-state index in [0.717, 1.165) is 17.5 Å². The molecule has 0 heterocycles. The molecule has 0 aromatic heterocycles. The fourth-order valence-electron chi connectivity index (χ4n) is 2.53. The zero-order valence-electron chi connectivity index (χ0n) is 13.3. The van der Waals surface area contributed by atoms with E-state index in [1.807, 2.05) is 0 Å². The summed E-state index contributed by atoms with van der Waals surface area (Å²) < 4.78 is 53.1. The van der Waals surface area contributed by atoms with E-state index in [-0.39, 0.29) is 10.6 Å². The first-order valence-corrected chi connectivity index (χ1v) is 8.91. The minimum absolute atomic E-state index is 0.151. The van der Waals surface area contributed by atoms with Crippen molar-refractivity contribution >= 4 is 32.5 Å². The SMILES string of the molecule is O=C(O)CN(c1ccc(F)c(F)c1)S(=O)(=O)c1ccc2ccccc2c1. The third-order valence-corrected chi connectivity index (χ3v) is 5.55. The maximum absolute atomic E-state index is 13.5. The number of fused-ring (bicyclic) bond motifs is 1. The van der Waals surface area contributed by atoms with Gasteiger partial charge in [0.15, 0.2) is 11.6 Å². The molecule has 0 bridgehead atoms. The number of aliphatic carboxylic acids is 1. The molecular formula is C18H13F2NO4S. The maximum atomic E-state index is 13.5. The molecule has 0 fully saturated rings. The van der Waals surface area contributed by atoms with Crippen LogP contribution in [-0.4, -0.2) is 26.0 Å². The molecule has 3 aromatic rings. The minimum Gasteiger partial charge on any atom is -0.480 e. The Morgan fingerprint density at radius 1 is 0.923 bits per heavy atom. The van der Waals surface area contributed by atoms with Crippen molar-refractivity contribution in [3.05, 3.63) is 72.3 Å². The van der Waals surface area contributed by atoms with Crippen LogP contribution in [0.15, 0.2) is 65.6 Å². The van der Waals surface area contributed by atoms with Crippen molar-refractivity contribution in [3.63, 3.8) is 0 Å². The van der Waals surface area contributed by atoms with Crippen LogP contribution in [0.2, 0.25) is 0 Å². The molecule has 0 aliphatic carbocycles. The lowest BCUT2D eigenvalue weighted by atomic mass is 10.1. The van der Waals surface area contributed by atoms with Crippen LogP contribution in [0, 0.1) is 11.6 Å². The fourth-order valence-corrected chi connectivity index (χ4v) is 3.98. The van der Waals surface area contributed by atoms with Gasteiger partial charge in [0.25, 0.3) is 10.0 Å². The highest BCUT2D eigenvalue weighted by molar-refractivity contribution is 7.92. The molecule has 0 saturated heterocycles. The smallest absolute Gasteiger partial charge is 0.324 e. The number of benzene rings is 3. The van der Waals surface area contributed by atoms with E-state index in [4.69, 9.17) is 5.11 Å². The normalized spacial score (nSPS) is 11.5. The second-order valence-electron chi connectivity index (χ2n) is 5.51. The molecule has 3 aromatic carbocycles. The van der Waals surface area contributed by atoms with Gasteiger partial charge in [-0.15, -0.1) is 0 Å². The average Bonchev–Trinajstić information content (AvgIpc) is 2.61. The molecule has 0 aliphatic rings. The lowest BCUT2D eigenvalue weighted by Gasteiger charge is -2.23. The third-order valence-electron chi connectivity index (χ3n) is 3.78. The predicted octanol–water partition coefficient (Wildman–Crippen LogP) is 3.40. The second-order valence-corrected chi connectivity index (χ2v) is 7.38. The average molecular weight is 377 g/mol. The Labute approximate surface area is 148 Å². The van der Waals surface area contributed by atoms with Gasteiger partial charge in [-0.3, -0.25) is 9.10 Å². The van der Waals surface area contributed by atoms with Gasteiger partial charge in [0, 0.05) is 6.07 Å². The summed E-state index contributed by atoms with van der Waals surface area (Å²) in [5, 5.41) is 10.5. The number of hydrogen-bond donors (Lipinski definition) is 1. The molecule has 5 nitrogen and oxygen atoms in total. The van der Waals surface area contributed by atoms with Crippen LogP contribution < -0.4 is 4.31 Å². The van der Waals surface area contributed by atoms with Gasteiger partial charge < -0.3 is 5.11 Å². The number of carbonyl (C=O) groups is 1. The highest BCUT2D eigenvalue weighted by atomic mass is 32.2. The topological polar surface area (TPSA) is 74.7 Å². The van der Waals surface area contributed by atoms with Crippen LogP contribution in [0.4, 0.5) is 14.5 Å². The van der Waals surface area contributed by atoms with Crippen LogP contribution >= 0.6 is 0 Å². The number of hydrogen-bond acceptors (Lipinski definition) is 3. The second kappa shape index (κ2) is 6.72. The molecule has 0 radical (unpaired) electrons. The number of nitrogens with zero attached hydrogens (tertiary/aromatic N) is 1. The molecule has 1 N–H and O–H groups in total. The van der Waals surface area contributed by atoms with Crippen LogP contribution in [0.5, 0.6) is 0 Å². The van der Waals surface area contributed by atoms with Crippen molar-refractivity contribution in [1.82, 2.24) is 0 Å². The Bertz CT molecular complexity index is 1100. The molecule has 3 rings (SSSR count). The van der Waals surface area contributed by atoms with Crippen molar-refractivity contribution in [2.45, 2.75) is 4.90 Å². The standard InChI is InChI=1S/C18H13F2NO4S/c19-16-8-6-14(10-17(16)20)21(11-18(22)23)26(24,25)15-7-5-12-3-1-2-4-13(12)9-15/h1-10H,11H2,(H,22,23). The first-order chi connectivity index (χ1) is 12.3. The summed E-state index contributed by atoms with van der Waals surface area (Å²) in [4.78, 5) is 11.0. The van der Waals surface area contributed by atoms with Gasteiger partial charge in [0.05, 0.1) is 10.6 Å². The van der Waals surface area contributed by atoms with E-state index >= 15 is 0 Å². The molecule has 0 saturated carbocycles. The highest BCUT2D eigenvalue weighted by Crippen LogP contribution is 2.27. The summed E-state index contributed by atoms with van der Waals surface area (Å²) in [6, 6.07) is 13.8. The lowest BCUT2D eigenvalue weighted by Crippen LogP contribution is -2.35. The number of anilines is 1. The molecule has 0 amide bonds. The molecular weight excluding hydrogens is 364 g/mol. The van der Waals surface area contributed by atoms with E-state index < -0.39 is 34.2 Å². The van der Waals surface area contributed by atoms with Gasteiger partial charge in [0.2, 0.25) is 0 Å². The third kappa shape index (κ3) is 3.36. The Hall–Kier alpha value is -3.00. The largest absolute Gasteiger partial charge is 0.480 e. The first-order valence-electron chi connectivity index (χ1n) is 7.47. The lowest BCUT2D eigenvalue weighted by molar-refractivity contribution is -0.135. The predicted molar refractivity (Wildman–Crippen MR) is 92.5 cm³/mol. The number of rotatable bonds is 5. The van der Waals surface area contributed by atoms with Crippen LogP contribution in [0.25, 0.3) is 10.8 Å². The number of carboxylic acid groups (broad SMARTS) is 1. The Kier molecular flexibility index (Phi) is 4.60. The Balaban J connectivity index is 2.13. The summed E-state index contributed by atoms with van der Waals surface area (Å²) in [5.74, 6) is -3.86. The van der Waals surface area contributed by atoms with Gasteiger partial charge in [-0.2, -0.15) is 0 Å². The van der Waals surface area contributed by atoms with Gasteiger partial charge >= 0.3 is 5.97 Å². The van der Waals surface area contributed by atoms with Gasteiger partial charge in [-0.05, 0) is 35.0 Å². The quantitative estimate of drug-likeness (QED) is 0.740. The van der Waals surface area contributed by atoms with E-state index in [2.05, 4.69) is 0 Å². The van der Waals surface area contributed by atoms with Crippen molar-refractivity contribution in [2.75, 3.05) is 10.8 Å². The summed E-state index contributed by atoms with van der Waals surface area (Å²) >= 11 is 0. The zero-order valence-corrected chi connectivity index (χ0v) is 14.1. The molecule has 26 heavy (non-hydrogen) atoms. The summed E-state index contributed by atoms with van der Waals surface area (Å²) in [5.41, 5.74) is -0.278. The fraction of sp³-hybridized carbons (Fsp3) is 0.0556. The Morgan fingerprint density at radius 3 is 2.27 bits per heavy atom. The molecule has 0 aliphatic heterocycles. The van der Waals surface area contributed by atoms with E-state index in [0.29, 0.717) is 15.8 Å². The van der Waals surface area contributed by atoms with Gasteiger partial charge in [-0.1, -0.05) is 30.3 Å². The van der Waals surface area contributed by atoms with Gasteiger partial charge in [-0.25, -0.2) is 17.2 Å². The van der Waals surface area contributed by atoms with Crippen LogP contribution in [0.1, 0.15) is 0 Å². The molecule has 0 atom stereocenters. The van der Waals surface area contributed by atoms with Crippen LogP contribution in [0.3, 0.4) is 0 Å². The van der Waals surface area contributed by atoms with Crippen molar-refractivity contribution < 1.29 is 27.1 Å². The van der Waals surface area contributed by atoms with Gasteiger partial charge in [0.1, 0.15) is 6.54 Å². The maximum Gasteiger partial charge on any atom is 0.324 e. The van der Waals surface area contributed by atoms with Crippen LogP contribution in [-0.2, 0) is 14.8 Å². The first kappa shape index (κ1) is 17.8. The highest BCUT2D eigenvalue weighted by Gasteiger charge is 2.28. The summed E-state index contributed by atoms with van der Waals surface area (Å²) in [6.45, 7) is -0.930. The molecule has 8 heteroatoms. The van der Waals surface area contributed by atoms with E-state index in [1.165, 1.54) is 12.1 Å². The van der Waals surface area contributed by atoms with E-state index in [9.17, 15) is 22.0 Å². The molecule has 134 valence electrons. The Morgan fingerprint density at radius 2 is 1.62 bits per heavy atom. The minimum atomic E-state index is -4.31. The zero-order chi connectivity index (χ0) is 18.9. The number of carboxylic acids is 1. The molecule has 0 spiro atoms. The van der Waals surface area contributed by atoms with Crippen molar-refractivity contribution in [1.29, 1.82) is 0 Å². The summed E-state index contributed by atoms with van der Waals surface area (Å²) in [6.07, 6.45) is 0.